The van der Waals surface area contributed by atoms with E-state index >= 15 is 0 Å². The fourth-order valence-corrected chi connectivity index (χ4v) is 6.52. The molecule has 3 aromatic carbocycles. The van der Waals surface area contributed by atoms with E-state index in [1.165, 1.54) is 0 Å². The second-order valence-electron chi connectivity index (χ2n) is 9.00. The summed E-state index contributed by atoms with van der Waals surface area (Å²) in [5, 5.41) is 11.2. The van der Waals surface area contributed by atoms with Crippen LogP contribution in [-0.4, -0.2) is 32.6 Å². The van der Waals surface area contributed by atoms with Crippen molar-refractivity contribution in [1.29, 1.82) is 0 Å². The third kappa shape index (κ3) is 4.29. The van der Waals surface area contributed by atoms with Crippen LogP contribution in [-0.2, 0) is 14.8 Å². The zero-order valence-corrected chi connectivity index (χ0v) is 20.3. The predicted octanol–water partition coefficient (Wildman–Crippen LogP) is 5.18. The van der Waals surface area contributed by atoms with E-state index in [9.17, 15) is 18.3 Å². The molecule has 1 unspecified atom stereocenters. The summed E-state index contributed by atoms with van der Waals surface area (Å²) in [5.74, 6) is -1.17. The molecule has 0 radical (unpaired) electrons. The monoisotopic (exact) mass is 466 g/mol. The summed E-state index contributed by atoms with van der Waals surface area (Å²) in [6, 6.07) is 13.3. The molecule has 0 bridgehead atoms. The molecule has 3 aromatic rings. The molecule has 1 aliphatic heterocycles. The van der Waals surface area contributed by atoms with Crippen LogP contribution in [0.4, 0.5) is 11.4 Å². The van der Waals surface area contributed by atoms with Crippen molar-refractivity contribution in [3.05, 3.63) is 64.7 Å². The number of carboxylic acids is 1. The molecule has 7 heteroatoms. The van der Waals surface area contributed by atoms with Gasteiger partial charge in [-0.15, -0.1) is 0 Å². The number of hydrogen-bond donors (Lipinski definition) is 2. The average molecular weight is 467 g/mol. The Kier molecular flexibility index (Phi) is 6.10. The summed E-state index contributed by atoms with van der Waals surface area (Å²) in [7, 11) is -3.81. The molecule has 2 N–H and O–H groups in total. The lowest BCUT2D eigenvalue weighted by molar-refractivity contribution is -0.141. The summed E-state index contributed by atoms with van der Waals surface area (Å²) >= 11 is 0. The standard InChI is InChI=1S/C26H30N2O4S/c1-16-14-17(2)19(4)25(18(16)3)33(31,32)27-23-11-12-24(22-10-6-5-9-21(22)23)28-13-7-8-20(15-28)26(29)30/h5-6,9-12,14,20,27H,7-8,13,15H2,1-4H3,(H,29,30). The van der Waals surface area contributed by atoms with Crippen molar-refractivity contribution < 1.29 is 18.3 Å². The van der Waals surface area contributed by atoms with Gasteiger partial charge in [-0.2, -0.15) is 0 Å². The fraction of sp³-hybridized carbons (Fsp3) is 0.346. The normalized spacial score (nSPS) is 16.7. The maximum absolute atomic E-state index is 13.5. The molecule has 1 atom stereocenters. The van der Waals surface area contributed by atoms with E-state index in [-0.39, 0.29) is 0 Å². The van der Waals surface area contributed by atoms with Gasteiger partial charge in [0.05, 0.1) is 16.5 Å². The summed E-state index contributed by atoms with van der Waals surface area (Å²) in [6.07, 6.45) is 1.49. The van der Waals surface area contributed by atoms with Crippen LogP contribution in [0.2, 0.25) is 0 Å². The maximum atomic E-state index is 13.5. The Morgan fingerprint density at radius 2 is 1.64 bits per heavy atom. The molecule has 0 spiro atoms. The minimum absolute atomic E-state index is 0.327. The number of nitrogens with zero attached hydrogens (tertiary/aromatic N) is 1. The number of fused-ring (bicyclic) bond motifs is 1. The number of piperidine rings is 1. The Morgan fingerprint density at radius 3 is 2.27 bits per heavy atom. The number of carboxylic acid groups (broad SMARTS) is 1. The van der Waals surface area contributed by atoms with Crippen molar-refractivity contribution in [2.75, 3.05) is 22.7 Å². The Bertz CT molecular complexity index is 1320. The van der Waals surface area contributed by atoms with Crippen LogP contribution in [0.1, 0.15) is 35.1 Å². The Hall–Kier alpha value is -3.06. The lowest BCUT2D eigenvalue weighted by Crippen LogP contribution is -2.38. The van der Waals surface area contributed by atoms with E-state index in [2.05, 4.69) is 9.62 Å². The summed E-state index contributed by atoms with van der Waals surface area (Å²) < 4.78 is 29.8. The fourth-order valence-electron chi connectivity index (χ4n) is 4.82. The number of nitrogens with one attached hydrogen (secondary N) is 1. The second-order valence-corrected chi connectivity index (χ2v) is 10.6. The smallest absolute Gasteiger partial charge is 0.308 e. The Morgan fingerprint density at radius 1 is 1.00 bits per heavy atom. The third-order valence-electron chi connectivity index (χ3n) is 6.82. The van der Waals surface area contributed by atoms with Crippen LogP contribution in [0.5, 0.6) is 0 Å². The van der Waals surface area contributed by atoms with Crippen LogP contribution in [0, 0.1) is 33.6 Å². The van der Waals surface area contributed by atoms with Crippen LogP contribution in [0.25, 0.3) is 10.8 Å². The van der Waals surface area contributed by atoms with Gasteiger partial charge in [-0.05, 0) is 74.9 Å². The van der Waals surface area contributed by atoms with Gasteiger partial charge in [0.2, 0.25) is 0 Å². The van der Waals surface area contributed by atoms with Crippen molar-refractivity contribution in [2.24, 2.45) is 5.92 Å². The van der Waals surface area contributed by atoms with Gasteiger partial charge in [0.1, 0.15) is 0 Å². The number of carbonyl (C=O) groups is 1. The minimum Gasteiger partial charge on any atom is -0.481 e. The summed E-state index contributed by atoms with van der Waals surface area (Å²) in [6.45, 7) is 8.76. The lowest BCUT2D eigenvalue weighted by Gasteiger charge is -2.33. The molecule has 174 valence electrons. The topological polar surface area (TPSA) is 86.7 Å². The Labute approximate surface area is 195 Å². The largest absolute Gasteiger partial charge is 0.481 e. The number of aryl methyl sites for hydroxylation is 2. The highest BCUT2D eigenvalue weighted by molar-refractivity contribution is 7.92. The minimum atomic E-state index is -3.81. The zero-order valence-electron chi connectivity index (χ0n) is 19.5. The average Bonchev–Trinajstić information content (AvgIpc) is 2.78. The van der Waals surface area contributed by atoms with Crippen molar-refractivity contribution in [3.8, 4) is 0 Å². The highest BCUT2D eigenvalue weighted by atomic mass is 32.2. The van der Waals surface area contributed by atoms with E-state index in [1.54, 1.807) is 6.07 Å². The predicted molar refractivity (Wildman–Crippen MR) is 133 cm³/mol. The number of aliphatic carboxylic acids is 1. The SMILES string of the molecule is Cc1cc(C)c(C)c(S(=O)(=O)Nc2ccc(N3CCCC(C(=O)O)C3)c3ccccc23)c1C. The highest BCUT2D eigenvalue weighted by Gasteiger charge is 2.27. The number of anilines is 2. The first-order chi connectivity index (χ1) is 15.6. The van der Waals surface area contributed by atoms with Crippen molar-refractivity contribution in [3.63, 3.8) is 0 Å². The van der Waals surface area contributed by atoms with E-state index in [0.717, 1.165) is 51.7 Å². The molecule has 6 nitrogen and oxygen atoms in total. The molecule has 33 heavy (non-hydrogen) atoms. The van der Waals surface area contributed by atoms with Gasteiger partial charge in [0.25, 0.3) is 10.0 Å². The summed E-state index contributed by atoms with van der Waals surface area (Å²) in [4.78, 5) is 14.0. The van der Waals surface area contributed by atoms with Gasteiger partial charge in [0.15, 0.2) is 0 Å². The molecular formula is C26H30N2O4S. The van der Waals surface area contributed by atoms with Crippen LogP contribution >= 0.6 is 0 Å². The van der Waals surface area contributed by atoms with Crippen LogP contribution in [0.3, 0.4) is 0 Å². The van der Waals surface area contributed by atoms with Crippen molar-refractivity contribution in [2.45, 2.75) is 45.4 Å². The van der Waals surface area contributed by atoms with Crippen molar-refractivity contribution in [1.82, 2.24) is 0 Å². The first-order valence-corrected chi connectivity index (χ1v) is 12.7. The summed E-state index contributed by atoms with van der Waals surface area (Å²) in [5.41, 5.74) is 4.82. The van der Waals surface area contributed by atoms with Gasteiger partial charge in [0, 0.05) is 29.5 Å². The quantitative estimate of drug-likeness (QED) is 0.541. The zero-order chi connectivity index (χ0) is 23.9. The maximum Gasteiger partial charge on any atom is 0.308 e. The molecule has 0 aromatic heterocycles. The molecule has 1 aliphatic rings. The number of rotatable bonds is 5. The molecule has 0 saturated carbocycles. The number of benzene rings is 3. The first kappa shape index (κ1) is 23.1. The highest BCUT2D eigenvalue weighted by Crippen LogP contribution is 2.36. The van der Waals surface area contributed by atoms with Crippen LogP contribution < -0.4 is 9.62 Å². The van der Waals surface area contributed by atoms with Crippen LogP contribution in [0.15, 0.2) is 47.4 Å². The lowest BCUT2D eigenvalue weighted by atomic mass is 9.96. The van der Waals surface area contributed by atoms with Gasteiger partial charge in [-0.1, -0.05) is 30.3 Å². The number of sulfonamides is 1. The Balaban J connectivity index is 1.77. The van der Waals surface area contributed by atoms with Crippen molar-refractivity contribution >= 4 is 38.1 Å². The molecule has 1 heterocycles. The van der Waals surface area contributed by atoms with Gasteiger partial charge < -0.3 is 10.0 Å². The molecule has 0 aliphatic carbocycles. The molecule has 4 rings (SSSR count). The van der Waals surface area contributed by atoms with Gasteiger partial charge >= 0.3 is 5.97 Å². The van der Waals surface area contributed by atoms with Gasteiger partial charge in [-0.3, -0.25) is 9.52 Å². The second kappa shape index (κ2) is 8.71. The first-order valence-electron chi connectivity index (χ1n) is 11.2. The number of hydrogen-bond acceptors (Lipinski definition) is 4. The van der Waals surface area contributed by atoms with E-state index in [0.29, 0.717) is 23.5 Å². The molecule has 1 saturated heterocycles. The van der Waals surface area contributed by atoms with E-state index < -0.39 is 21.9 Å². The van der Waals surface area contributed by atoms with E-state index in [4.69, 9.17) is 0 Å². The third-order valence-corrected chi connectivity index (χ3v) is 8.46. The van der Waals surface area contributed by atoms with Gasteiger partial charge in [-0.25, -0.2) is 8.42 Å². The molecule has 0 amide bonds. The van der Waals surface area contributed by atoms with E-state index in [1.807, 2.05) is 64.1 Å². The molecular weight excluding hydrogens is 436 g/mol. The molecule has 1 fully saturated rings.